The fraction of sp³-hybridized carbons (Fsp3) is 0.214. The van der Waals surface area contributed by atoms with E-state index in [9.17, 15) is 9.59 Å². The molecule has 3 aromatic rings. The Morgan fingerprint density at radius 3 is 3.00 bits per heavy atom. The Labute approximate surface area is 133 Å². The Balaban J connectivity index is 1.84. The molecule has 0 amide bonds. The van der Waals surface area contributed by atoms with Gasteiger partial charge in [0.25, 0.3) is 5.56 Å². The van der Waals surface area contributed by atoms with Crippen LogP contribution in [0.25, 0.3) is 10.2 Å². The maximum absolute atomic E-state index is 12.1. The Morgan fingerprint density at radius 1 is 1.48 bits per heavy atom. The van der Waals surface area contributed by atoms with Crippen molar-refractivity contribution in [1.82, 2.24) is 9.55 Å². The molecule has 0 saturated heterocycles. The fourth-order valence-electron chi connectivity index (χ4n) is 1.86. The summed E-state index contributed by atoms with van der Waals surface area (Å²) >= 11 is 4.38. The van der Waals surface area contributed by atoms with Gasteiger partial charge in [-0.15, -0.1) is 34.4 Å². The van der Waals surface area contributed by atoms with Gasteiger partial charge in [-0.05, 0) is 24.4 Å². The van der Waals surface area contributed by atoms with Crippen molar-refractivity contribution >= 4 is 50.4 Å². The number of carbonyl (C=O) groups excluding carboxylic acids is 1. The second kappa shape index (κ2) is 5.75. The van der Waals surface area contributed by atoms with Gasteiger partial charge in [0.05, 0.1) is 20.2 Å². The van der Waals surface area contributed by atoms with E-state index in [0.29, 0.717) is 17.0 Å². The number of thioether (sulfide) groups is 1. The van der Waals surface area contributed by atoms with E-state index in [2.05, 4.69) is 4.98 Å². The van der Waals surface area contributed by atoms with Crippen LogP contribution in [0.1, 0.15) is 15.5 Å². The topological polar surface area (TPSA) is 52.0 Å². The molecule has 0 fully saturated rings. The van der Waals surface area contributed by atoms with Gasteiger partial charge >= 0.3 is 0 Å². The van der Waals surface area contributed by atoms with Crippen molar-refractivity contribution in [2.24, 2.45) is 7.05 Å². The summed E-state index contributed by atoms with van der Waals surface area (Å²) in [7, 11) is 1.72. The average Bonchev–Trinajstić information content (AvgIpc) is 3.11. The first-order valence-electron chi connectivity index (χ1n) is 6.23. The highest BCUT2D eigenvalue weighted by molar-refractivity contribution is 8.01. The predicted octanol–water partition coefficient (Wildman–Crippen LogP) is 3.34. The number of fused-ring (bicyclic) bond motifs is 1. The van der Waals surface area contributed by atoms with Crippen LogP contribution in [0.2, 0.25) is 0 Å². The lowest BCUT2D eigenvalue weighted by Gasteiger charge is -2.00. The molecule has 3 rings (SSSR count). The van der Waals surface area contributed by atoms with Crippen molar-refractivity contribution in [2.75, 3.05) is 5.75 Å². The standard InChI is InChI=1S/C14H12N2O2S3/c1-8-15-13-9(14(18)16(8)2)6-12(21-13)20-7-10(17)11-4-3-5-19-11/h3-6H,7H2,1-2H3. The first-order chi connectivity index (χ1) is 10.1. The summed E-state index contributed by atoms with van der Waals surface area (Å²) in [5.41, 5.74) is -0.0369. The second-order valence-electron chi connectivity index (χ2n) is 4.50. The van der Waals surface area contributed by atoms with Gasteiger partial charge in [0, 0.05) is 7.05 Å². The maximum atomic E-state index is 12.1. The monoisotopic (exact) mass is 336 g/mol. The number of nitrogens with zero attached hydrogens (tertiary/aromatic N) is 2. The fourth-order valence-corrected chi connectivity index (χ4v) is 4.70. The van der Waals surface area contributed by atoms with E-state index in [1.807, 2.05) is 30.5 Å². The normalized spacial score (nSPS) is 11.1. The third-order valence-electron chi connectivity index (χ3n) is 3.12. The van der Waals surface area contributed by atoms with E-state index in [1.165, 1.54) is 34.4 Å². The van der Waals surface area contributed by atoms with E-state index < -0.39 is 0 Å². The molecule has 0 atom stereocenters. The van der Waals surface area contributed by atoms with Crippen molar-refractivity contribution in [3.05, 3.63) is 44.6 Å². The molecule has 0 unspecified atom stereocenters. The Kier molecular flexibility index (Phi) is 3.97. The third kappa shape index (κ3) is 2.81. The zero-order valence-corrected chi connectivity index (χ0v) is 13.9. The number of ketones is 1. The molecular formula is C14H12N2O2S3. The zero-order valence-electron chi connectivity index (χ0n) is 11.5. The summed E-state index contributed by atoms with van der Waals surface area (Å²) in [4.78, 5) is 30.1. The number of rotatable bonds is 4. The van der Waals surface area contributed by atoms with Gasteiger partial charge in [-0.1, -0.05) is 6.07 Å². The Bertz CT molecular complexity index is 862. The lowest BCUT2D eigenvalue weighted by molar-refractivity contribution is 0.102. The van der Waals surface area contributed by atoms with Crippen molar-refractivity contribution in [2.45, 2.75) is 11.1 Å². The Morgan fingerprint density at radius 2 is 2.29 bits per heavy atom. The molecule has 0 aliphatic heterocycles. The molecule has 0 N–H and O–H groups in total. The first kappa shape index (κ1) is 14.5. The highest BCUT2D eigenvalue weighted by atomic mass is 32.2. The summed E-state index contributed by atoms with van der Waals surface area (Å²) in [6, 6.07) is 5.54. The van der Waals surface area contributed by atoms with Crippen molar-refractivity contribution in [3.8, 4) is 0 Å². The molecule has 3 aromatic heterocycles. The van der Waals surface area contributed by atoms with Crippen LogP contribution in [0.15, 0.2) is 32.6 Å². The predicted molar refractivity (Wildman–Crippen MR) is 89.0 cm³/mol. The maximum Gasteiger partial charge on any atom is 0.262 e. The summed E-state index contributed by atoms with van der Waals surface area (Å²) in [6.07, 6.45) is 0. The molecule has 21 heavy (non-hydrogen) atoms. The summed E-state index contributed by atoms with van der Waals surface area (Å²) in [5.74, 6) is 1.19. The molecule has 0 aliphatic carbocycles. The van der Waals surface area contributed by atoms with Gasteiger partial charge in [0.2, 0.25) is 0 Å². The van der Waals surface area contributed by atoms with Crippen LogP contribution in [0.3, 0.4) is 0 Å². The van der Waals surface area contributed by atoms with E-state index in [0.717, 1.165) is 13.9 Å². The van der Waals surface area contributed by atoms with Gasteiger partial charge in [-0.25, -0.2) is 4.98 Å². The van der Waals surface area contributed by atoms with Crippen LogP contribution in [0.4, 0.5) is 0 Å². The number of carbonyl (C=O) groups is 1. The van der Waals surface area contributed by atoms with E-state index in [-0.39, 0.29) is 11.3 Å². The van der Waals surface area contributed by atoms with Crippen LogP contribution in [0.5, 0.6) is 0 Å². The van der Waals surface area contributed by atoms with Crippen LogP contribution in [-0.4, -0.2) is 21.1 Å². The van der Waals surface area contributed by atoms with Crippen molar-refractivity contribution in [1.29, 1.82) is 0 Å². The van der Waals surface area contributed by atoms with Gasteiger partial charge in [-0.2, -0.15) is 0 Å². The first-order valence-corrected chi connectivity index (χ1v) is 8.91. The lowest BCUT2D eigenvalue weighted by atomic mass is 10.4. The largest absolute Gasteiger partial charge is 0.299 e. The Hall–Kier alpha value is -1.44. The molecule has 0 radical (unpaired) electrons. The number of Topliss-reactive ketones (excluding diaryl/α,β-unsaturated/α-hetero) is 1. The van der Waals surface area contributed by atoms with E-state index >= 15 is 0 Å². The van der Waals surface area contributed by atoms with Gasteiger partial charge in [-0.3, -0.25) is 14.2 Å². The minimum Gasteiger partial charge on any atom is -0.299 e. The van der Waals surface area contributed by atoms with E-state index in [4.69, 9.17) is 0 Å². The van der Waals surface area contributed by atoms with Crippen LogP contribution in [-0.2, 0) is 7.05 Å². The molecule has 0 saturated carbocycles. The highest BCUT2D eigenvalue weighted by Gasteiger charge is 2.12. The molecule has 3 heterocycles. The molecule has 4 nitrogen and oxygen atoms in total. The number of hydrogen-bond acceptors (Lipinski definition) is 6. The highest BCUT2D eigenvalue weighted by Crippen LogP contribution is 2.31. The average molecular weight is 336 g/mol. The van der Waals surface area contributed by atoms with Gasteiger partial charge in [0.1, 0.15) is 10.7 Å². The number of aryl methyl sites for hydroxylation is 1. The van der Waals surface area contributed by atoms with E-state index in [1.54, 1.807) is 11.6 Å². The molecule has 0 aromatic carbocycles. The zero-order chi connectivity index (χ0) is 15.0. The molecule has 0 spiro atoms. The van der Waals surface area contributed by atoms with Gasteiger partial charge in [0.15, 0.2) is 5.78 Å². The number of hydrogen-bond donors (Lipinski definition) is 0. The minimum atomic E-state index is -0.0369. The van der Waals surface area contributed by atoms with Gasteiger partial charge < -0.3 is 0 Å². The third-order valence-corrected chi connectivity index (χ3v) is 6.26. The molecular weight excluding hydrogens is 324 g/mol. The van der Waals surface area contributed by atoms with Crippen LogP contribution < -0.4 is 5.56 Å². The quantitative estimate of drug-likeness (QED) is 0.542. The van der Waals surface area contributed by atoms with Crippen LogP contribution >= 0.6 is 34.4 Å². The molecule has 0 bridgehead atoms. The smallest absolute Gasteiger partial charge is 0.262 e. The van der Waals surface area contributed by atoms with Crippen LogP contribution in [0, 0.1) is 6.92 Å². The summed E-state index contributed by atoms with van der Waals surface area (Å²) in [5, 5.41) is 2.52. The SMILES string of the molecule is Cc1nc2sc(SCC(=O)c3cccs3)cc2c(=O)n1C. The molecule has 7 heteroatoms. The van der Waals surface area contributed by atoms with Crippen molar-refractivity contribution in [3.63, 3.8) is 0 Å². The molecule has 108 valence electrons. The second-order valence-corrected chi connectivity index (χ2v) is 7.75. The number of aromatic nitrogens is 2. The van der Waals surface area contributed by atoms with Crippen molar-refractivity contribution < 1.29 is 4.79 Å². The summed E-state index contributed by atoms with van der Waals surface area (Å²) in [6.45, 7) is 1.81. The number of thiophene rings is 2. The summed E-state index contributed by atoms with van der Waals surface area (Å²) < 4.78 is 2.49. The molecule has 0 aliphatic rings. The lowest BCUT2D eigenvalue weighted by Crippen LogP contribution is -2.19. The minimum absolute atomic E-state index is 0.0369.